The molecule has 1 aliphatic rings. The van der Waals surface area contributed by atoms with Crippen molar-refractivity contribution in [2.75, 3.05) is 33.9 Å². The molecule has 0 radical (unpaired) electrons. The Bertz CT molecular complexity index is 238. The van der Waals surface area contributed by atoms with Crippen LogP contribution in [0.5, 0.6) is 0 Å². The van der Waals surface area contributed by atoms with E-state index in [0.717, 1.165) is 12.5 Å². The number of hydrogen-bond acceptors (Lipinski definition) is 3. The average Bonchev–Trinajstić information content (AvgIpc) is 2.42. The van der Waals surface area contributed by atoms with Gasteiger partial charge in [-0.25, -0.2) is 0 Å². The van der Waals surface area contributed by atoms with Gasteiger partial charge < -0.3 is 15.0 Å². The molecule has 0 aromatic heterocycles. The van der Waals surface area contributed by atoms with Gasteiger partial charge in [0.05, 0.1) is 13.2 Å². The van der Waals surface area contributed by atoms with Crippen molar-refractivity contribution in [3.8, 4) is 0 Å². The molecule has 1 aliphatic carbocycles. The number of methoxy groups -OCH3 is 1. The van der Waals surface area contributed by atoms with E-state index in [4.69, 9.17) is 4.74 Å². The number of amides is 1. The minimum atomic E-state index is 0.200. The molecular formula is C14H28N2O2. The summed E-state index contributed by atoms with van der Waals surface area (Å²) in [7, 11) is 3.61. The van der Waals surface area contributed by atoms with Gasteiger partial charge in [-0.05, 0) is 31.6 Å². The van der Waals surface area contributed by atoms with Crippen molar-refractivity contribution in [1.29, 1.82) is 0 Å². The van der Waals surface area contributed by atoms with Gasteiger partial charge in [-0.15, -0.1) is 0 Å². The standard InChI is InChI=1S/C14H28N2O2/c1-4-12-5-7-13(8-6-12)16(2)14(17)11-15-9-10-18-3/h12-13,15H,4-11H2,1-3H3. The molecule has 106 valence electrons. The van der Waals surface area contributed by atoms with Crippen molar-refractivity contribution in [3.63, 3.8) is 0 Å². The molecule has 0 spiro atoms. The summed E-state index contributed by atoms with van der Waals surface area (Å²) >= 11 is 0. The van der Waals surface area contributed by atoms with Crippen LogP contribution in [0, 0.1) is 5.92 Å². The van der Waals surface area contributed by atoms with Crippen LogP contribution in [0.15, 0.2) is 0 Å². The number of nitrogens with zero attached hydrogens (tertiary/aromatic N) is 1. The Morgan fingerprint density at radius 2 is 2.00 bits per heavy atom. The zero-order valence-electron chi connectivity index (χ0n) is 12.1. The van der Waals surface area contributed by atoms with Gasteiger partial charge in [0.2, 0.25) is 5.91 Å². The second-order valence-electron chi connectivity index (χ2n) is 5.26. The van der Waals surface area contributed by atoms with Gasteiger partial charge in [0.25, 0.3) is 0 Å². The lowest BCUT2D eigenvalue weighted by Crippen LogP contribution is -2.44. The maximum atomic E-state index is 12.0. The lowest BCUT2D eigenvalue weighted by molar-refractivity contribution is -0.131. The topological polar surface area (TPSA) is 41.6 Å². The van der Waals surface area contributed by atoms with Crippen LogP contribution in [0.3, 0.4) is 0 Å². The van der Waals surface area contributed by atoms with Gasteiger partial charge in [0.15, 0.2) is 0 Å². The molecule has 1 rings (SSSR count). The second kappa shape index (κ2) is 8.48. The van der Waals surface area contributed by atoms with Crippen molar-refractivity contribution in [1.82, 2.24) is 10.2 Å². The van der Waals surface area contributed by atoms with Crippen molar-refractivity contribution in [2.24, 2.45) is 5.92 Å². The molecule has 1 amide bonds. The second-order valence-corrected chi connectivity index (χ2v) is 5.26. The number of likely N-dealkylation sites (N-methyl/N-ethyl adjacent to an activating group) is 1. The Hall–Kier alpha value is -0.610. The van der Waals surface area contributed by atoms with E-state index in [-0.39, 0.29) is 5.91 Å². The molecule has 1 saturated carbocycles. The van der Waals surface area contributed by atoms with Crippen LogP contribution < -0.4 is 5.32 Å². The summed E-state index contributed by atoms with van der Waals surface area (Å²) in [5.74, 6) is 1.08. The molecule has 0 aromatic rings. The summed E-state index contributed by atoms with van der Waals surface area (Å²) in [6.07, 6.45) is 6.16. The Kier molecular flexibility index (Phi) is 7.28. The first-order valence-electron chi connectivity index (χ1n) is 7.14. The van der Waals surface area contributed by atoms with Crippen LogP contribution >= 0.6 is 0 Å². The number of ether oxygens (including phenoxy) is 1. The van der Waals surface area contributed by atoms with Crippen molar-refractivity contribution in [2.45, 2.75) is 45.1 Å². The number of hydrogen-bond donors (Lipinski definition) is 1. The molecule has 18 heavy (non-hydrogen) atoms. The summed E-state index contributed by atoms with van der Waals surface area (Å²) in [5, 5.41) is 3.11. The van der Waals surface area contributed by atoms with Crippen molar-refractivity contribution >= 4 is 5.91 Å². The molecule has 4 heteroatoms. The van der Waals surface area contributed by atoms with Crippen LogP contribution in [0.2, 0.25) is 0 Å². The summed E-state index contributed by atoms with van der Waals surface area (Å²) < 4.78 is 4.94. The quantitative estimate of drug-likeness (QED) is 0.704. The lowest BCUT2D eigenvalue weighted by Gasteiger charge is -2.34. The molecule has 0 aliphatic heterocycles. The normalized spacial score (nSPS) is 23.9. The van der Waals surface area contributed by atoms with Crippen LogP contribution in [-0.4, -0.2) is 50.7 Å². The number of carbonyl (C=O) groups excluding carboxylic acids is 1. The highest BCUT2D eigenvalue weighted by molar-refractivity contribution is 5.78. The SMILES string of the molecule is CCC1CCC(N(C)C(=O)CNCCOC)CC1. The van der Waals surface area contributed by atoms with Crippen LogP contribution in [0.1, 0.15) is 39.0 Å². The van der Waals surface area contributed by atoms with Crippen LogP contribution in [0.25, 0.3) is 0 Å². The summed E-state index contributed by atoms with van der Waals surface area (Å²) in [4.78, 5) is 13.9. The lowest BCUT2D eigenvalue weighted by atomic mass is 9.84. The maximum absolute atomic E-state index is 12.0. The third-order valence-electron chi connectivity index (χ3n) is 4.09. The molecule has 0 heterocycles. The Morgan fingerprint density at radius 3 is 2.56 bits per heavy atom. The first kappa shape index (κ1) is 15.4. The zero-order valence-corrected chi connectivity index (χ0v) is 12.1. The predicted molar refractivity (Wildman–Crippen MR) is 73.6 cm³/mol. The summed E-state index contributed by atoms with van der Waals surface area (Å²) in [6, 6.07) is 0.449. The molecule has 0 atom stereocenters. The highest BCUT2D eigenvalue weighted by Crippen LogP contribution is 2.28. The fraction of sp³-hybridized carbons (Fsp3) is 0.929. The molecule has 4 nitrogen and oxygen atoms in total. The molecular weight excluding hydrogens is 228 g/mol. The fourth-order valence-corrected chi connectivity index (χ4v) is 2.64. The Balaban J connectivity index is 2.22. The molecule has 0 aromatic carbocycles. The smallest absolute Gasteiger partial charge is 0.236 e. The maximum Gasteiger partial charge on any atom is 0.236 e. The Morgan fingerprint density at radius 1 is 1.33 bits per heavy atom. The monoisotopic (exact) mass is 256 g/mol. The van der Waals surface area contributed by atoms with Gasteiger partial charge in [-0.2, -0.15) is 0 Å². The van der Waals surface area contributed by atoms with E-state index in [1.165, 1.54) is 32.1 Å². The third-order valence-corrected chi connectivity index (χ3v) is 4.09. The summed E-state index contributed by atoms with van der Waals surface area (Å²) in [6.45, 7) is 4.07. The minimum Gasteiger partial charge on any atom is -0.383 e. The van der Waals surface area contributed by atoms with E-state index >= 15 is 0 Å². The number of rotatable bonds is 7. The highest BCUT2D eigenvalue weighted by Gasteiger charge is 2.25. The molecule has 0 bridgehead atoms. The highest BCUT2D eigenvalue weighted by atomic mass is 16.5. The molecule has 1 fully saturated rings. The van der Waals surface area contributed by atoms with Crippen molar-refractivity contribution < 1.29 is 9.53 Å². The van der Waals surface area contributed by atoms with E-state index in [0.29, 0.717) is 19.2 Å². The first-order chi connectivity index (χ1) is 8.69. The van der Waals surface area contributed by atoms with Crippen molar-refractivity contribution in [3.05, 3.63) is 0 Å². The number of nitrogens with one attached hydrogen (secondary N) is 1. The van der Waals surface area contributed by atoms with Gasteiger partial charge in [0.1, 0.15) is 0 Å². The van der Waals surface area contributed by atoms with Crippen LogP contribution in [-0.2, 0) is 9.53 Å². The molecule has 0 saturated heterocycles. The van der Waals surface area contributed by atoms with E-state index in [1.807, 2.05) is 11.9 Å². The predicted octanol–water partition coefficient (Wildman–Crippen LogP) is 1.65. The third kappa shape index (κ3) is 4.94. The summed E-state index contributed by atoms with van der Waals surface area (Å²) in [5.41, 5.74) is 0. The van der Waals surface area contributed by atoms with Gasteiger partial charge in [0, 0.05) is 26.7 Å². The average molecular weight is 256 g/mol. The first-order valence-corrected chi connectivity index (χ1v) is 7.14. The van der Waals surface area contributed by atoms with E-state index in [9.17, 15) is 4.79 Å². The minimum absolute atomic E-state index is 0.200. The van der Waals surface area contributed by atoms with Gasteiger partial charge >= 0.3 is 0 Å². The van der Waals surface area contributed by atoms with E-state index < -0.39 is 0 Å². The van der Waals surface area contributed by atoms with E-state index in [2.05, 4.69) is 12.2 Å². The molecule has 1 N–H and O–H groups in total. The van der Waals surface area contributed by atoms with Crippen LogP contribution in [0.4, 0.5) is 0 Å². The van der Waals surface area contributed by atoms with E-state index in [1.54, 1.807) is 7.11 Å². The fourth-order valence-electron chi connectivity index (χ4n) is 2.64. The van der Waals surface area contributed by atoms with Gasteiger partial charge in [-0.3, -0.25) is 4.79 Å². The Labute approximate surface area is 111 Å². The number of carbonyl (C=O) groups is 1. The van der Waals surface area contributed by atoms with Gasteiger partial charge in [-0.1, -0.05) is 13.3 Å². The molecule has 0 unspecified atom stereocenters. The largest absolute Gasteiger partial charge is 0.383 e. The zero-order chi connectivity index (χ0) is 13.4.